The molecule has 21 heavy (non-hydrogen) atoms. The van der Waals surface area contributed by atoms with Gasteiger partial charge >= 0.3 is 0 Å². The maximum Gasteiger partial charge on any atom is 0.252 e. The number of ether oxygens (including phenoxy) is 1. The van der Waals surface area contributed by atoms with E-state index in [1.165, 1.54) is 11.3 Å². The van der Waals surface area contributed by atoms with Crippen molar-refractivity contribution in [2.45, 2.75) is 23.2 Å². The fourth-order valence-electron chi connectivity index (χ4n) is 2.90. The van der Waals surface area contributed by atoms with Crippen molar-refractivity contribution in [1.29, 1.82) is 0 Å². The van der Waals surface area contributed by atoms with Crippen LogP contribution in [0.1, 0.15) is 11.3 Å². The number of sulfonamides is 1. The number of nitrogens with two attached hydrogens (primary N) is 1. The number of thiophene rings is 1. The molecule has 1 aromatic rings. The van der Waals surface area contributed by atoms with E-state index < -0.39 is 10.0 Å². The predicted molar refractivity (Wildman–Crippen MR) is 81.8 cm³/mol. The third-order valence-corrected chi connectivity index (χ3v) is 7.56. The Hall–Kier alpha value is -0.510. The second-order valence-electron chi connectivity index (χ2n) is 5.38. The van der Waals surface area contributed by atoms with Gasteiger partial charge in [0.1, 0.15) is 4.21 Å². The number of hydrogen-bond donors (Lipinski definition) is 1. The molecule has 118 valence electrons. The van der Waals surface area contributed by atoms with Gasteiger partial charge in [-0.05, 0) is 18.6 Å². The summed E-state index contributed by atoms with van der Waals surface area (Å²) < 4.78 is 32.7. The molecule has 3 rings (SSSR count). The summed E-state index contributed by atoms with van der Waals surface area (Å²) in [4.78, 5) is 3.25. The summed E-state index contributed by atoms with van der Waals surface area (Å²) in [6.45, 7) is 4.85. The third kappa shape index (κ3) is 3.15. The van der Waals surface area contributed by atoms with Crippen molar-refractivity contribution in [3.05, 3.63) is 17.0 Å². The van der Waals surface area contributed by atoms with Gasteiger partial charge in [-0.3, -0.25) is 4.90 Å². The zero-order chi connectivity index (χ0) is 14.9. The van der Waals surface area contributed by atoms with Crippen LogP contribution < -0.4 is 5.73 Å². The lowest BCUT2D eigenvalue weighted by Crippen LogP contribution is -2.45. The molecule has 1 aromatic heterocycles. The van der Waals surface area contributed by atoms with Crippen molar-refractivity contribution in [1.82, 2.24) is 9.21 Å². The van der Waals surface area contributed by atoms with Gasteiger partial charge in [0.15, 0.2) is 0 Å². The van der Waals surface area contributed by atoms with Gasteiger partial charge in [0.05, 0.1) is 13.2 Å². The van der Waals surface area contributed by atoms with Crippen LogP contribution in [0.4, 0.5) is 0 Å². The lowest BCUT2D eigenvalue weighted by molar-refractivity contribution is 0.0197. The molecular formula is C13H21N3O3S2. The standard InChI is InChI=1S/C13H21N3O3S2/c14-9-12-1-2-13(20-12)21(17,18)16-4-3-11(10-16)15-5-7-19-8-6-15/h1-2,11H,3-10,14H2. The highest BCUT2D eigenvalue weighted by molar-refractivity contribution is 7.91. The van der Waals surface area contributed by atoms with Crippen molar-refractivity contribution in [3.63, 3.8) is 0 Å². The lowest BCUT2D eigenvalue weighted by atomic mass is 10.2. The van der Waals surface area contributed by atoms with E-state index in [9.17, 15) is 8.42 Å². The first-order chi connectivity index (χ1) is 10.1. The summed E-state index contributed by atoms with van der Waals surface area (Å²) >= 11 is 1.28. The maximum atomic E-state index is 12.6. The van der Waals surface area contributed by atoms with Gasteiger partial charge in [-0.1, -0.05) is 0 Å². The molecule has 1 unspecified atom stereocenters. The molecule has 2 aliphatic heterocycles. The average Bonchev–Trinajstić information content (AvgIpc) is 3.18. The Morgan fingerprint density at radius 1 is 1.29 bits per heavy atom. The van der Waals surface area contributed by atoms with Gasteiger partial charge in [-0.15, -0.1) is 11.3 Å². The molecule has 8 heteroatoms. The Morgan fingerprint density at radius 3 is 2.71 bits per heavy atom. The van der Waals surface area contributed by atoms with Crippen molar-refractivity contribution in [2.75, 3.05) is 39.4 Å². The van der Waals surface area contributed by atoms with Crippen LogP contribution in [0.3, 0.4) is 0 Å². The van der Waals surface area contributed by atoms with E-state index in [0.29, 0.717) is 29.9 Å². The second-order valence-corrected chi connectivity index (χ2v) is 8.71. The number of hydrogen-bond acceptors (Lipinski definition) is 6. The van der Waals surface area contributed by atoms with E-state index in [4.69, 9.17) is 10.5 Å². The first kappa shape index (κ1) is 15.4. The number of nitrogens with zero attached hydrogens (tertiary/aromatic N) is 2. The van der Waals surface area contributed by atoms with Crippen molar-refractivity contribution in [2.24, 2.45) is 5.73 Å². The minimum absolute atomic E-state index is 0.317. The number of rotatable bonds is 4. The van der Waals surface area contributed by atoms with Crippen LogP contribution in [-0.2, 0) is 21.3 Å². The van der Waals surface area contributed by atoms with Gasteiger partial charge in [0.2, 0.25) is 0 Å². The van der Waals surface area contributed by atoms with E-state index in [1.54, 1.807) is 16.4 Å². The molecule has 2 N–H and O–H groups in total. The normalized spacial score (nSPS) is 25.5. The van der Waals surface area contributed by atoms with Crippen LogP contribution in [-0.4, -0.2) is 63.1 Å². The Bertz CT molecular complexity index is 581. The zero-order valence-electron chi connectivity index (χ0n) is 11.9. The average molecular weight is 331 g/mol. The largest absolute Gasteiger partial charge is 0.379 e. The monoisotopic (exact) mass is 331 g/mol. The number of morpholine rings is 1. The van der Waals surface area contributed by atoms with Crippen LogP contribution in [0.25, 0.3) is 0 Å². The molecule has 0 aromatic carbocycles. The van der Waals surface area contributed by atoms with Crippen LogP contribution in [0.15, 0.2) is 16.3 Å². The van der Waals surface area contributed by atoms with Crippen LogP contribution in [0, 0.1) is 0 Å². The minimum Gasteiger partial charge on any atom is -0.379 e. The van der Waals surface area contributed by atoms with E-state index in [0.717, 1.165) is 37.6 Å². The Morgan fingerprint density at radius 2 is 2.05 bits per heavy atom. The van der Waals surface area contributed by atoms with Gasteiger partial charge in [-0.2, -0.15) is 4.31 Å². The minimum atomic E-state index is -3.36. The predicted octanol–water partition coefficient (Wildman–Crippen LogP) is 0.302. The molecule has 1 atom stereocenters. The van der Waals surface area contributed by atoms with Gasteiger partial charge in [0.25, 0.3) is 10.0 Å². The summed E-state index contributed by atoms with van der Waals surface area (Å²) in [5.74, 6) is 0. The molecule has 0 amide bonds. The van der Waals surface area contributed by atoms with E-state index in [-0.39, 0.29) is 0 Å². The van der Waals surface area contributed by atoms with Crippen LogP contribution in [0.5, 0.6) is 0 Å². The molecule has 2 fully saturated rings. The SMILES string of the molecule is NCc1ccc(S(=O)(=O)N2CCC(N3CCOCC3)C2)s1. The quantitative estimate of drug-likeness (QED) is 0.859. The molecular weight excluding hydrogens is 310 g/mol. The van der Waals surface area contributed by atoms with Gasteiger partial charge in [-0.25, -0.2) is 8.42 Å². The fourth-order valence-corrected chi connectivity index (χ4v) is 5.78. The van der Waals surface area contributed by atoms with Gasteiger partial charge in [0, 0.05) is 43.6 Å². The fraction of sp³-hybridized carbons (Fsp3) is 0.692. The molecule has 2 aliphatic rings. The van der Waals surface area contributed by atoms with Crippen molar-refractivity contribution in [3.8, 4) is 0 Å². The second kappa shape index (κ2) is 6.31. The lowest BCUT2D eigenvalue weighted by Gasteiger charge is -2.32. The Labute approximate surface area is 129 Å². The maximum absolute atomic E-state index is 12.6. The molecule has 2 saturated heterocycles. The van der Waals surface area contributed by atoms with Crippen molar-refractivity contribution < 1.29 is 13.2 Å². The Balaban J connectivity index is 1.69. The summed E-state index contributed by atoms with van der Waals surface area (Å²) in [5.41, 5.74) is 5.56. The topological polar surface area (TPSA) is 75.9 Å². The Kier molecular flexibility index (Phi) is 4.63. The first-order valence-electron chi connectivity index (χ1n) is 7.22. The summed E-state index contributed by atoms with van der Waals surface area (Å²) in [6, 6.07) is 3.79. The highest BCUT2D eigenvalue weighted by atomic mass is 32.2. The highest BCUT2D eigenvalue weighted by Crippen LogP contribution is 2.28. The smallest absolute Gasteiger partial charge is 0.252 e. The molecule has 0 spiro atoms. The third-order valence-electron chi connectivity index (χ3n) is 4.12. The first-order valence-corrected chi connectivity index (χ1v) is 9.47. The summed E-state index contributed by atoms with van der Waals surface area (Å²) in [7, 11) is -3.36. The summed E-state index contributed by atoms with van der Waals surface area (Å²) in [5, 5.41) is 0. The van der Waals surface area contributed by atoms with E-state index in [1.807, 2.05) is 0 Å². The van der Waals surface area contributed by atoms with E-state index in [2.05, 4.69) is 4.90 Å². The van der Waals surface area contributed by atoms with Crippen molar-refractivity contribution >= 4 is 21.4 Å². The molecule has 3 heterocycles. The summed E-state index contributed by atoms with van der Waals surface area (Å²) in [6.07, 6.45) is 0.897. The molecule has 0 bridgehead atoms. The molecule has 0 radical (unpaired) electrons. The van der Waals surface area contributed by atoms with Gasteiger partial charge < -0.3 is 10.5 Å². The zero-order valence-corrected chi connectivity index (χ0v) is 13.5. The molecule has 6 nitrogen and oxygen atoms in total. The van der Waals surface area contributed by atoms with Crippen LogP contribution >= 0.6 is 11.3 Å². The highest BCUT2D eigenvalue weighted by Gasteiger charge is 2.36. The molecule has 0 aliphatic carbocycles. The van der Waals surface area contributed by atoms with Crippen LogP contribution in [0.2, 0.25) is 0 Å². The van der Waals surface area contributed by atoms with E-state index >= 15 is 0 Å². The molecule has 0 saturated carbocycles.